The van der Waals surface area contributed by atoms with Crippen LogP contribution in [0.5, 0.6) is 0 Å². The average molecular weight is 477 g/mol. The molecule has 4 heterocycles. The molecule has 8 heteroatoms. The molecule has 1 amide bonds. The van der Waals surface area contributed by atoms with Gasteiger partial charge in [-0.25, -0.2) is 4.98 Å². The number of aldehydes is 1. The molecule has 36 heavy (non-hydrogen) atoms. The topological polar surface area (TPSA) is 94.7 Å². The lowest BCUT2D eigenvalue weighted by atomic mass is 9.96. The normalized spacial score (nSPS) is 15.1. The zero-order chi connectivity index (χ0) is 25.0. The van der Waals surface area contributed by atoms with Crippen LogP contribution in [0.4, 0.5) is 5.95 Å². The molecule has 4 bridgehead atoms. The third kappa shape index (κ3) is 3.58. The van der Waals surface area contributed by atoms with Crippen LogP contribution in [-0.2, 0) is 13.6 Å². The minimum atomic E-state index is -0.275. The van der Waals surface area contributed by atoms with Gasteiger partial charge in [-0.3, -0.25) is 24.6 Å². The Morgan fingerprint density at radius 2 is 1.92 bits per heavy atom. The Bertz CT molecular complexity index is 1680. The van der Waals surface area contributed by atoms with E-state index in [2.05, 4.69) is 41.6 Å². The van der Waals surface area contributed by atoms with Crippen LogP contribution in [0.2, 0.25) is 0 Å². The highest BCUT2D eigenvalue weighted by Crippen LogP contribution is 2.34. The minimum Gasteiger partial charge on any atom is -0.309 e. The standard InChI is InChI=1S/C28H24N6O2/c1-16-14-34-25-10-18(15-35)7-8-23(25)31-28(34)32-27(36)21-9-17(2)30-24(12-21)22-13-29-33(3)26(22)20-6-4-5-19(16)11-20/h4-13,15-16H,14H2,1-3H3,(H,31,32,36). The molecule has 3 aromatic heterocycles. The maximum atomic E-state index is 13.5. The van der Waals surface area contributed by atoms with Crippen molar-refractivity contribution in [1.82, 2.24) is 24.3 Å². The van der Waals surface area contributed by atoms with Crippen molar-refractivity contribution in [2.45, 2.75) is 26.3 Å². The van der Waals surface area contributed by atoms with Crippen LogP contribution in [0.15, 0.2) is 60.8 Å². The van der Waals surface area contributed by atoms with Gasteiger partial charge in [0.15, 0.2) is 0 Å². The third-order valence-electron chi connectivity index (χ3n) is 6.75. The monoisotopic (exact) mass is 476 g/mol. The van der Waals surface area contributed by atoms with Crippen LogP contribution >= 0.6 is 0 Å². The molecule has 1 aliphatic rings. The van der Waals surface area contributed by atoms with E-state index in [1.807, 2.05) is 35.4 Å². The molecule has 1 N–H and O–H groups in total. The summed E-state index contributed by atoms with van der Waals surface area (Å²) in [5.74, 6) is 0.259. The van der Waals surface area contributed by atoms with Gasteiger partial charge >= 0.3 is 0 Å². The Morgan fingerprint density at radius 1 is 1.06 bits per heavy atom. The number of nitrogens with one attached hydrogen (secondary N) is 1. The largest absolute Gasteiger partial charge is 0.309 e. The number of hydrogen-bond donors (Lipinski definition) is 1. The second-order valence-corrected chi connectivity index (χ2v) is 9.31. The van der Waals surface area contributed by atoms with E-state index in [1.165, 1.54) is 0 Å². The van der Waals surface area contributed by atoms with Gasteiger partial charge in [0.05, 0.1) is 28.6 Å². The Labute approximate surface area is 207 Å². The van der Waals surface area contributed by atoms with Crippen molar-refractivity contribution in [2.24, 2.45) is 7.05 Å². The van der Waals surface area contributed by atoms with Gasteiger partial charge in [-0.1, -0.05) is 25.1 Å². The van der Waals surface area contributed by atoms with Crippen LogP contribution in [0.25, 0.3) is 33.5 Å². The number of amides is 1. The second-order valence-electron chi connectivity index (χ2n) is 9.31. The van der Waals surface area contributed by atoms with Gasteiger partial charge in [-0.15, -0.1) is 0 Å². The zero-order valence-electron chi connectivity index (χ0n) is 20.2. The molecule has 0 saturated heterocycles. The molecule has 1 aliphatic heterocycles. The lowest BCUT2D eigenvalue weighted by Crippen LogP contribution is -2.18. The molecule has 1 unspecified atom stereocenters. The number of nitrogens with zero attached hydrogens (tertiary/aromatic N) is 5. The molecule has 0 aliphatic carbocycles. The van der Waals surface area contributed by atoms with Crippen molar-refractivity contribution in [3.05, 3.63) is 83.2 Å². The fraction of sp³-hybridized carbons (Fsp3) is 0.179. The first-order valence-electron chi connectivity index (χ1n) is 11.8. The van der Waals surface area contributed by atoms with Crippen LogP contribution in [0, 0.1) is 6.92 Å². The molecule has 0 saturated carbocycles. The summed E-state index contributed by atoms with van der Waals surface area (Å²) < 4.78 is 3.82. The van der Waals surface area contributed by atoms with Gasteiger partial charge in [-0.05, 0) is 54.8 Å². The molecule has 5 aromatic rings. The van der Waals surface area contributed by atoms with Crippen LogP contribution < -0.4 is 5.32 Å². The van der Waals surface area contributed by atoms with Crippen molar-refractivity contribution in [1.29, 1.82) is 0 Å². The SMILES string of the molecule is Cc1cc2cc(n1)-c1cnn(C)c1-c1cccc(c1)C(C)Cn1c(nc3ccc(C=O)cc31)NC2=O. The number of benzene rings is 2. The Hall–Kier alpha value is -4.59. The van der Waals surface area contributed by atoms with E-state index >= 15 is 0 Å². The highest BCUT2D eigenvalue weighted by Gasteiger charge is 2.22. The fourth-order valence-electron chi connectivity index (χ4n) is 4.94. The molecular weight excluding hydrogens is 452 g/mol. The first kappa shape index (κ1) is 21.9. The molecule has 6 rings (SSSR count). The average Bonchev–Trinajstić information content (AvgIpc) is 3.42. The number of anilines is 1. The van der Waals surface area contributed by atoms with Crippen molar-refractivity contribution >= 4 is 29.2 Å². The van der Waals surface area contributed by atoms with Crippen molar-refractivity contribution < 1.29 is 9.59 Å². The maximum absolute atomic E-state index is 13.5. The highest BCUT2D eigenvalue weighted by atomic mass is 16.1. The summed E-state index contributed by atoms with van der Waals surface area (Å²) in [4.78, 5) is 34.4. The van der Waals surface area contributed by atoms with E-state index < -0.39 is 0 Å². The molecule has 2 aromatic carbocycles. The Kier molecular flexibility index (Phi) is 5.03. The number of aromatic nitrogens is 5. The summed E-state index contributed by atoms with van der Waals surface area (Å²) in [6, 6.07) is 17.3. The van der Waals surface area contributed by atoms with Crippen LogP contribution in [0.1, 0.15) is 44.8 Å². The summed E-state index contributed by atoms with van der Waals surface area (Å²) in [6.07, 6.45) is 2.62. The molecule has 0 radical (unpaired) electrons. The predicted octanol–water partition coefficient (Wildman–Crippen LogP) is 4.99. The van der Waals surface area contributed by atoms with Crippen LogP contribution in [0.3, 0.4) is 0 Å². The van der Waals surface area contributed by atoms with Gasteiger partial charge in [-0.2, -0.15) is 5.10 Å². The maximum Gasteiger partial charge on any atom is 0.258 e. The zero-order valence-corrected chi connectivity index (χ0v) is 20.2. The van der Waals surface area contributed by atoms with E-state index in [1.54, 1.807) is 24.4 Å². The number of hydrogen-bond acceptors (Lipinski definition) is 5. The van der Waals surface area contributed by atoms with Gasteiger partial charge < -0.3 is 4.57 Å². The van der Waals surface area contributed by atoms with E-state index in [9.17, 15) is 9.59 Å². The number of rotatable bonds is 1. The molecule has 0 fully saturated rings. The van der Waals surface area contributed by atoms with Crippen molar-refractivity contribution in [3.63, 3.8) is 0 Å². The van der Waals surface area contributed by atoms with Gasteiger partial charge in [0, 0.05) is 41.5 Å². The first-order chi connectivity index (χ1) is 17.4. The first-order valence-corrected chi connectivity index (χ1v) is 11.8. The van der Waals surface area contributed by atoms with E-state index in [0.717, 1.165) is 39.9 Å². The third-order valence-corrected chi connectivity index (χ3v) is 6.75. The number of fused-ring (bicyclic) bond motifs is 10. The molecule has 8 nitrogen and oxygen atoms in total. The molecule has 178 valence electrons. The summed E-state index contributed by atoms with van der Waals surface area (Å²) in [5.41, 5.74) is 7.94. The highest BCUT2D eigenvalue weighted by molar-refractivity contribution is 6.05. The lowest BCUT2D eigenvalue weighted by Gasteiger charge is -2.18. The predicted molar refractivity (Wildman–Crippen MR) is 138 cm³/mol. The van der Waals surface area contributed by atoms with Crippen molar-refractivity contribution in [2.75, 3.05) is 5.32 Å². The summed E-state index contributed by atoms with van der Waals surface area (Å²) in [7, 11) is 1.91. The summed E-state index contributed by atoms with van der Waals surface area (Å²) >= 11 is 0. The molecule has 0 spiro atoms. The number of pyridine rings is 1. The van der Waals surface area contributed by atoms with Gasteiger partial charge in [0.2, 0.25) is 5.95 Å². The van der Waals surface area contributed by atoms with Crippen LogP contribution in [-0.4, -0.2) is 36.5 Å². The fourth-order valence-corrected chi connectivity index (χ4v) is 4.94. The van der Waals surface area contributed by atoms with E-state index in [4.69, 9.17) is 9.97 Å². The van der Waals surface area contributed by atoms with Gasteiger partial charge in [0.1, 0.15) is 6.29 Å². The van der Waals surface area contributed by atoms with Crippen molar-refractivity contribution in [3.8, 4) is 22.5 Å². The summed E-state index contributed by atoms with van der Waals surface area (Å²) in [6.45, 7) is 4.58. The molecular formula is C28H24N6O2. The smallest absolute Gasteiger partial charge is 0.258 e. The number of carbonyl (C=O) groups excluding carboxylic acids is 2. The summed E-state index contributed by atoms with van der Waals surface area (Å²) in [5, 5.41) is 7.52. The number of imidazole rings is 1. The lowest BCUT2D eigenvalue weighted by molar-refractivity contribution is 0.102. The van der Waals surface area contributed by atoms with Gasteiger partial charge in [0.25, 0.3) is 5.91 Å². The van der Waals surface area contributed by atoms with E-state index in [-0.39, 0.29) is 11.8 Å². The molecule has 1 atom stereocenters. The van der Waals surface area contributed by atoms with E-state index in [0.29, 0.717) is 34.8 Å². The Morgan fingerprint density at radius 3 is 2.75 bits per heavy atom. The minimum absolute atomic E-state index is 0.0932. The number of aryl methyl sites for hydroxylation is 2. The number of carbonyl (C=O) groups is 2. The quantitative estimate of drug-likeness (QED) is 0.344. The second kappa shape index (κ2) is 8.27. The Balaban J connectivity index is 1.61.